The molecule has 1 heterocycles. The fourth-order valence-electron chi connectivity index (χ4n) is 2.54. The summed E-state index contributed by atoms with van der Waals surface area (Å²) < 4.78 is 1.79. The number of hydrogen-bond donors (Lipinski definition) is 2. The van der Waals surface area contributed by atoms with Crippen molar-refractivity contribution in [1.29, 1.82) is 0 Å². The Morgan fingerprint density at radius 2 is 2.12 bits per heavy atom. The summed E-state index contributed by atoms with van der Waals surface area (Å²) in [7, 11) is 1.82. The Morgan fingerprint density at radius 3 is 2.75 bits per heavy atom. The number of amides is 1. The molecule has 2 aromatic rings. The SMILES string of the molecule is CC(CO)N(C)CC(=O)Nc1cc(C2CC2)nn1-c1ccccc1. The molecule has 1 fully saturated rings. The first kappa shape index (κ1) is 16.7. The number of hydrogen-bond acceptors (Lipinski definition) is 4. The van der Waals surface area contributed by atoms with Crippen LogP contribution in [0.1, 0.15) is 31.4 Å². The number of benzene rings is 1. The number of aliphatic hydroxyl groups is 1. The van der Waals surface area contributed by atoms with Crippen molar-refractivity contribution < 1.29 is 9.90 Å². The molecule has 1 unspecified atom stereocenters. The molecule has 128 valence electrons. The molecule has 1 aliphatic carbocycles. The fourth-order valence-corrected chi connectivity index (χ4v) is 2.54. The normalized spacial score (nSPS) is 15.5. The number of aromatic nitrogens is 2. The number of nitrogens with zero attached hydrogens (tertiary/aromatic N) is 3. The molecule has 6 heteroatoms. The number of carbonyl (C=O) groups excluding carboxylic acids is 1. The first-order valence-corrected chi connectivity index (χ1v) is 8.35. The standard InChI is InChI=1S/C18H24N4O2/c1-13(12-23)21(2)11-18(24)19-17-10-16(14-8-9-14)20-22(17)15-6-4-3-5-7-15/h3-7,10,13-14,23H,8-9,11-12H2,1-2H3,(H,19,24). The van der Waals surface area contributed by atoms with Crippen molar-refractivity contribution in [3.05, 3.63) is 42.1 Å². The molecule has 0 bridgehead atoms. The van der Waals surface area contributed by atoms with Crippen LogP contribution in [0.5, 0.6) is 0 Å². The van der Waals surface area contributed by atoms with Crippen LogP contribution in [0, 0.1) is 0 Å². The minimum Gasteiger partial charge on any atom is -0.395 e. The summed E-state index contributed by atoms with van der Waals surface area (Å²) in [5, 5.41) is 16.8. The van der Waals surface area contributed by atoms with E-state index in [9.17, 15) is 9.90 Å². The van der Waals surface area contributed by atoms with Gasteiger partial charge >= 0.3 is 0 Å². The topological polar surface area (TPSA) is 70.4 Å². The van der Waals surface area contributed by atoms with Crippen molar-refractivity contribution in [1.82, 2.24) is 14.7 Å². The first-order valence-electron chi connectivity index (χ1n) is 8.35. The molecule has 0 spiro atoms. The van der Waals surface area contributed by atoms with E-state index in [-0.39, 0.29) is 25.1 Å². The Balaban J connectivity index is 1.78. The smallest absolute Gasteiger partial charge is 0.239 e. The highest BCUT2D eigenvalue weighted by atomic mass is 16.3. The average Bonchev–Trinajstić information content (AvgIpc) is 3.36. The number of para-hydroxylation sites is 1. The molecule has 1 amide bonds. The van der Waals surface area contributed by atoms with Gasteiger partial charge in [-0.1, -0.05) is 18.2 Å². The van der Waals surface area contributed by atoms with Crippen LogP contribution in [-0.2, 0) is 4.79 Å². The second-order valence-electron chi connectivity index (χ2n) is 6.47. The molecule has 1 saturated carbocycles. The van der Waals surface area contributed by atoms with Crippen LogP contribution in [0.3, 0.4) is 0 Å². The Labute approximate surface area is 142 Å². The highest BCUT2D eigenvalue weighted by molar-refractivity contribution is 5.91. The maximum Gasteiger partial charge on any atom is 0.239 e. The van der Waals surface area contributed by atoms with Crippen molar-refractivity contribution in [2.45, 2.75) is 31.7 Å². The van der Waals surface area contributed by atoms with Crippen molar-refractivity contribution in [3.63, 3.8) is 0 Å². The van der Waals surface area contributed by atoms with Crippen LogP contribution in [0.2, 0.25) is 0 Å². The molecule has 24 heavy (non-hydrogen) atoms. The second-order valence-corrected chi connectivity index (χ2v) is 6.47. The molecule has 1 aromatic carbocycles. The maximum absolute atomic E-state index is 12.3. The molecule has 0 saturated heterocycles. The van der Waals surface area contributed by atoms with Crippen molar-refractivity contribution in [2.75, 3.05) is 25.5 Å². The molecule has 0 radical (unpaired) electrons. The van der Waals surface area contributed by atoms with Crippen LogP contribution in [0.25, 0.3) is 5.69 Å². The van der Waals surface area contributed by atoms with Gasteiger partial charge in [0.05, 0.1) is 24.5 Å². The van der Waals surface area contributed by atoms with Gasteiger partial charge < -0.3 is 10.4 Å². The summed E-state index contributed by atoms with van der Waals surface area (Å²) in [4.78, 5) is 14.2. The predicted molar refractivity (Wildman–Crippen MR) is 93.3 cm³/mol. The zero-order valence-corrected chi connectivity index (χ0v) is 14.1. The lowest BCUT2D eigenvalue weighted by Gasteiger charge is -2.22. The summed E-state index contributed by atoms with van der Waals surface area (Å²) in [6, 6.07) is 11.7. The largest absolute Gasteiger partial charge is 0.395 e. The van der Waals surface area contributed by atoms with E-state index >= 15 is 0 Å². The zero-order chi connectivity index (χ0) is 17.1. The number of aliphatic hydroxyl groups excluding tert-OH is 1. The Morgan fingerprint density at radius 1 is 1.42 bits per heavy atom. The van der Waals surface area contributed by atoms with Crippen LogP contribution < -0.4 is 5.32 Å². The van der Waals surface area contributed by atoms with Crippen molar-refractivity contribution >= 4 is 11.7 Å². The highest BCUT2D eigenvalue weighted by Gasteiger charge is 2.28. The Bertz CT molecular complexity index is 694. The number of likely N-dealkylation sites (N-methyl/N-ethyl adjacent to an activating group) is 1. The van der Waals surface area contributed by atoms with Crippen LogP contribution in [-0.4, -0.2) is 51.9 Å². The minimum atomic E-state index is -0.114. The van der Waals surface area contributed by atoms with Gasteiger partial charge in [0.2, 0.25) is 5.91 Å². The third kappa shape index (κ3) is 3.83. The molecular formula is C18H24N4O2. The van der Waals surface area contributed by atoms with Crippen LogP contribution >= 0.6 is 0 Å². The molecule has 2 N–H and O–H groups in total. The molecule has 1 aromatic heterocycles. The average molecular weight is 328 g/mol. The van der Waals surface area contributed by atoms with Gasteiger partial charge in [-0.25, -0.2) is 4.68 Å². The third-order valence-corrected chi connectivity index (χ3v) is 4.40. The van der Waals surface area contributed by atoms with E-state index in [2.05, 4.69) is 10.4 Å². The lowest BCUT2D eigenvalue weighted by atomic mass is 10.3. The quantitative estimate of drug-likeness (QED) is 0.815. The summed E-state index contributed by atoms with van der Waals surface area (Å²) in [5.74, 6) is 1.10. The van der Waals surface area contributed by atoms with Gasteiger partial charge in [0, 0.05) is 18.0 Å². The van der Waals surface area contributed by atoms with Crippen LogP contribution in [0.4, 0.5) is 5.82 Å². The number of rotatable bonds is 7. The second kappa shape index (κ2) is 7.15. The monoisotopic (exact) mass is 328 g/mol. The van der Waals surface area contributed by atoms with Gasteiger partial charge in [-0.3, -0.25) is 9.69 Å². The van der Waals surface area contributed by atoms with Gasteiger partial charge in [0.15, 0.2) is 0 Å². The zero-order valence-electron chi connectivity index (χ0n) is 14.1. The summed E-state index contributed by atoms with van der Waals surface area (Å²) in [6.07, 6.45) is 2.33. The molecule has 1 aliphatic rings. The van der Waals surface area contributed by atoms with Gasteiger partial charge in [-0.15, -0.1) is 0 Å². The Hall–Kier alpha value is -2.18. The molecular weight excluding hydrogens is 304 g/mol. The van der Waals surface area contributed by atoms with Crippen molar-refractivity contribution in [2.24, 2.45) is 0 Å². The highest BCUT2D eigenvalue weighted by Crippen LogP contribution is 2.40. The van der Waals surface area contributed by atoms with E-state index in [0.29, 0.717) is 11.7 Å². The van der Waals surface area contributed by atoms with E-state index in [4.69, 9.17) is 0 Å². The minimum absolute atomic E-state index is 0.0254. The van der Waals surface area contributed by atoms with Gasteiger partial charge in [0.1, 0.15) is 5.82 Å². The lowest BCUT2D eigenvalue weighted by molar-refractivity contribution is -0.117. The summed E-state index contributed by atoms with van der Waals surface area (Å²) >= 11 is 0. The molecule has 1 atom stereocenters. The molecule has 3 rings (SSSR count). The van der Waals surface area contributed by atoms with Crippen LogP contribution in [0.15, 0.2) is 36.4 Å². The predicted octanol–water partition coefficient (Wildman–Crippen LogP) is 2.00. The Kier molecular flexibility index (Phi) is 4.97. The van der Waals surface area contributed by atoms with Gasteiger partial charge in [-0.2, -0.15) is 5.10 Å². The van der Waals surface area contributed by atoms with E-state index in [1.807, 2.05) is 55.3 Å². The van der Waals surface area contributed by atoms with Gasteiger partial charge in [0.25, 0.3) is 0 Å². The molecule has 0 aliphatic heterocycles. The van der Waals surface area contributed by atoms with E-state index in [1.165, 1.54) is 0 Å². The lowest BCUT2D eigenvalue weighted by Crippen LogP contribution is -2.38. The third-order valence-electron chi connectivity index (χ3n) is 4.40. The maximum atomic E-state index is 12.3. The number of carbonyl (C=O) groups is 1. The summed E-state index contributed by atoms with van der Waals surface area (Å²) in [5.41, 5.74) is 1.96. The first-order chi connectivity index (χ1) is 11.6. The molecule has 6 nitrogen and oxygen atoms in total. The number of anilines is 1. The number of nitrogens with one attached hydrogen (secondary N) is 1. The fraction of sp³-hybridized carbons (Fsp3) is 0.444. The summed E-state index contributed by atoms with van der Waals surface area (Å²) in [6.45, 7) is 2.13. The van der Waals surface area contributed by atoms with Crippen molar-refractivity contribution in [3.8, 4) is 5.69 Å². The van der Waals surface area contributed by atoms with Gasteiger partial charge in [-0.05, 0) is 38.9 Å². The van der Waals surface area contributed by atoms with E-state index < -0.39 is 0 Å². The van der Waals surface area contributed by atoms with E-state index in [0.717, 1.165) is 24.2 Å². The van der Waals surface area contributed by atoms with E-state index in [1.54, 1.807) is 4.68 Å².